The minimum atomic E-state index is -0.477. The molecular weight excluding hydrogens is 348 g/mol. The van der Waals surface area contributed by atoms with Gasteiger partial charge in [-0.15, -0.1) is 0 Å². The molecule has 0 aromatic heterocycles. The predicted molar refractivity (Wildman–Crippen MR) is 112 cm³/mol. The second kappa shape index (κ2) is 9.28. The molecule has 0 aliphatic carbocycles. The first-order valence-electron chi connectivity index (χ1n) is 8.95. The summed E-state index contributed by atoms with van der Waals surface area (Å²) in [4.78, 5) is 24.4. The van der Waals surface area contributed by atoms with Crippen molar-refractivity contribution in [3.63, 3.8) is 0 Å². The number of para-hydroxylation sites is 1. The molecule has 3 aromatic carbocycles. The number of aryl methyl sites for hydroxylation is 1. The Balaban J connectivity index is 1.70. The van der Waals surface area contributed by atoms with Gasteiger partial charge in [-0.25, -0.2) is 4.79 Å². The molecule has 0 heterocycles. The van der Waals surface area contributed by atoms with Crippen molar-refractivity contribution in [2.24, 2.45) is 0 Å². The van der Waals surface area contributed by atoms with Crippen LogP contribution in [0.25, 0.3) is 12.2 Å². The van der Waals surface area contributed by atoms with Crippen molar-refractivity contribution < 1.29 is 14.3 Å². The van der Waals surface area contributed by atoms with E-state index in [1.54, 1.807) is 42.5 Å². The molecule has 138 valence electrons. The molecule has 28 heavy (non-hydrogen) atoms. The van der Waals surface area contributed by atoms with E-state index in [1.807, 2.05) is 55.5 Å². The topological polar surface area (TPSA) is 43.4 Å². The van der Waals surface area contributed by atoms with Crippen LogP contribution in [0.1, 0.15) is 27.0 Å². The van der Waals surface area contributed by atoms with E-state index in [9.17, 15) is 9.59 Å². The molecule has 0 amide bonds. The Morgan fingerprint density at radius 3 is 2.18 bits per heavy atom. The standard InChI is InChI=1S/C25H20O3/c1-19-11-14-21(15-12-19)23(26)17-16-22-9-5-6-10-24(22)28-25(27)18-13-20-7-3-2-4-8-20/h2-18H,1H3. The lowest BCUT2D eigenvalue weighted by molar-refractivity contribution is -0.128. The normalized spacial score (nSPS) is 11.0. The van der Waals surface area contributed by atoms with E-state index < -0.39 is 5.97 Å². The fraction of sp³-hybridized carbons (Fsp3) is 0.0400. The molecule has 0 aliphatic heterocycles. The first-order valence-corrected chi connectivity index (χ1v) is 8.95. The average molecular weight is 368 g/mol. The van der Waals surface area contributed by atoms with Gasteiger partial charge in [-0.2, -0.15) is 0 Å². The zero-order valence-corrected chi connectivity index (χ0v) is 15.5. The molecular formula is C25H20O3. The summed E-state index contributed by atoms with van der Waals surface area (Å²) in [6.07, 6.45) is 6.22. The monoisotopic (exact) mass is 368 g/mol. The highest BCUT2D eigenvalue weighted by atomic mass is 16.5. The van der Waals surface area contributed by atoms with Crippen LogP contribution in [-0.2, 0) is 4.79 Å². The molecule has 0 bridgehead atoms. The molecule has 0 unspecified atom stereocenters. The van der Waals surface area contributed by atoms with Crippen molar-refractivity contribution in [2.75, 3.05) is 0 Å². The van der Waals surface area contributed by atoms with Gasteiger partial charge in [0, 0.05) is 17.2 Å². The zero-order chi connectivity index (χ0) is 19.8. The highest BCUT2D eigenvalue weighted by Gasteiger charge is 2.06. The van der Waals surface area contributed by atoms with Gasteiger partial charge >= 0.3 is 5.97 Å². The van der Waals surface area contributed by atoms with Gasteiger partial charge in [-0.05, 0) is 36.8 Å². The Hall–Kier alpha value is -3.72. The van der Waals surface area contributed by atoms with Crippen molar-refractivity contribution in [3.05, 3.63) is 113 Å². The minimum Gasteiger partial charge on any atom is -0.423 e. The maximum atomic E-state index is 12.3. The van der Waals surface area contributed by atoms with Crippen molar-refractivity contribution in [3.8, 4) is 5.75 Å². The highest BCUT2D eigenvalue weighted by Crippen LogP contribution is 2.20. The van der Waals surface area contributed by atoms with Crippen LogP contribution in [-0.4, -0.2) is 11.8 Å². The van der Waals surface area contributed by atoms with Crippen LogP contribution < -0.4 is 4.74 Å². The Kier molecular flexibility index (Phi) is 6.32. The molecule has 0 atom stereocenters. The summed E-state index contributed by atoms with van der Waals surface area (Å²) in [6, 6.07) is 24.0. The van der Waals surface area contributed by atoms with Gasteiger partial charge in [0.05, 0.1) is 0 Å². The summed E-state index contributed by atoms with van der Waals surface area (Å²) >= 11 is 0. The summed E-state index contributed by atoms with van der Waals surface area (Å²) in [7, 11) is 0. The second-order valence-corrected chi connectivity index (χ2v) is 6.27. The third kappa shape index (κ3) is 5.39. The first-order chi connectivity index (χ1) is 13.6. The number of ketones is 1. The van der Waals surface area contributed by atoms with Crippen LogP contribution in [0.3, 0.4) is 0 Å². The van der Waals surface area contributed by atoms with Crippen molar-refractivity contribution in [1.29, 1.82) is 0 Å². The maximum Gasteiger partial charge on any atom is 0.336 e. The van der Waals surface area contributed by atoms with E-state index >= 15 is 0 Å². The van der Waals surface area contributed by atoms with E-state index in [0.717, 1.165) is 11.1 Å². The Morgan fingerprint density at radius 2 is 1.43 bits per heavy atom. The fourth-order valence-corrected chi connectivity index (χ4v) is 2.56. The summed E-state index contributed by atoms with van der Waals surface area (Å²) in [6.45, 7) is 1.97. The number of hydrogen-bond acceptors (Lipinski definition) is 3. The molecule has 3 rings (SSSR count). The molecule has 0 radical (unpaired) electrons. The van der Waals surface area contributed by atoms with E-state index in [-0.39, 0.29) is 5.78 Å². The molecule has 0 saturated carbocycles. The van der Waals surface area contributed by atoms with Gasteiger partial charge in [-0.3, -0.25) is 4.79 Å². The largest absolute Gasteiger partial charge is 0.423 e. The number of rotatable bonds is 6. The number of benzene rings is 3. The predicted octanol–water partition coefficient (Wildman–Crippen LogP) is 5.51. The molecule has 0 spiro atoms. The number of hydrogen-bond donors (Lipinski definition) is 0. The molecule has 3 aromatic rings. The van der Waals surface area contributed by atoms with E-state index in [4.69, 9.17) is 4.74 Å². The van der Waals surface area contributed by atoms with Gasteiger partial charge in [0.1, 0.15) is 5.75 Å². The maximum absolute atomic E-state index is 12.3. The van der Waals surface area contributed by atoms with Crippen LogP contribution in [0.2, 0.25) is 0 Å². The molecule has 3 nitrogen and oxygen atoms in total. The smallest absolute Gasteiger partial charge is 0.336 e. The van der Waals surface area contributed by atoms with Crippen LogP contribution in [0.15, 0.2) is 91.0 Å². The molecule has 0 fully saturated rings. The number of allylic oxidation sites excluding steroid dienone is 1. The quantitative estimate of drug-likeness (QED) is 0.249. The van der Waals surface area contributed by atoms with Gasteiger partial charge < -0.3 is 4.74 Å². The molecule has 0 aliphatic rings. The lowest BCUT2D eigenvalue weighted by Gasteiger charge is -2.05. The summed E-state index contributed by atoms with van der Waals surface area (Å²) < 4.78 is 5.43. The van der Waals surface area contributed by atoms with Crippen molar-refractivity contribution in [2.45, 2.75) is 6.92 Å². The van der Waals surface area contributed by atoms with Gasteiger partial charge in [0.15, 0.2) is 5.78 Å². The number of carbonyl (C=O) groups is 2. The molecule has 3 heteroatoms. The van der Waals surface area contributed by atoms with Crippen molar-refractivity contribution >= 4 is 23.9 Å². The second-order valence-electron chi connectivity index (χ2n) is 6.27. The third-order valence-corrected chi connectivity index (χ3v) is 4.09. The Bertz CT molecular complexity index is 1010. The molecule has 0 saturated heterocycles. The number of ether oxygens (including phenoxy) is 1. The van der Waals surface area contributed by atoms with Crippen LogP contribution in [0.4, 0.5) is 0 Å². The van der Waals surface area contributed by atoms with Crippen molar-refractivity contribution in [1.82, 2.24) is 0 Å². The van der Waals surface area contributed by atoms with Gasteiger partial charge in [-0.1, -0.05) is 78.4 Å². The van der Waals surface area contributed by atoms with E-state index in [0.29, 0.717) is 16.9 Å². The van der Waals surface area contributed by atoms with E-state index in [1.165, 1.54) is 12.2 Å². The van der Waals surface area contributed by atoms with Gasteiger partial charge in [0.2, 0.25) is 0 Å². The zero-order valence-electron chi connectivity index (χ0n) is 15.5. The Labute approximate surface area is 164 Å². The van der Waals surface area contributed by atoms with Gasteiger partial charge in [0.25, 0.3) is 0 Å². The summed E-state index contributed by atoms with van der Waals surface area (Å²) in [5.74, 6) is -0.183. The van der Waals surface area contributed by atoms with Crippen LogP contribution >= 0.6 is 0 Å². The number of carbonyl (C=O) groups excluding carboxylic acids is 2. The molecule has 0 N–H and O–H groups in total. The van der Waals surface area contributed by atoms with E-state index in [2.05, 4.69) is 0 Å². The SMILES string of the molecule is Cc1ccc(C(=O)C=Cc2ccccc2OC(=O)C=Cc2ccccc2)cc1. The average Bonchev–Trinajstić information content (AvgIpc) is 2.73. The fourth-order valence-electron chi connectivity index (χ4n) is 2.56. The first kappa shape index (κ1) is 19.1. The minimum absolute atomic E-state index is 0.106. The lowest BCUT2D eigenvalue weighted by atomic mass is 10.1. The Morgan fingerprint density at radius 1 is 0.750 bits per heavy atom. The summed E-state index contributed by atoms with van der Waals surface area (Å²) in [5, 5.41) is 0. The lowest BCUT2D eigenvalue weighted by Crippen LogP contribution is -2.04. The van der Waals surface area contributed by atoms with Crippen LogP contribution in [0.5, 0.6) is 5.75 Å². The number of esters is 1. The third-order valence-electron chi connectivity index (χ3n) is 4.09. The summed E-state index contributed by atoms with van der Waals surface area (Å²) in [5.41, 5.74) is 3.28. The van der Waals surface area contributed by atoms with Crippen LogP contribution in [0, 0.1) is 6.92 Å². The highest BCUT2D eigenvalue weighted by molar-refractivity contribution is 6.07.